The van der Waals surface area contributed by atoms with E-state index in [1.165, 1.54) is 44.9 Å². The highest BCUT2D eigenvalue weighted by molar-refractivity contribution is 5.20. The van der Waals surface area contributed by atoms with Crippen LogP contribution in [-0.2, 0) is 9.47 Å². The van der Waals surface area contributed by atoms with Crippen LogP contribution in [0.25, 0.3) is 0 Å². The van der Waals surface area contributed by atoms with Gasteiger partial charge in [-0.15, -0.1) is 0 Å². The van der Waals surface area contributed by atoms with Crippen molar-refractivity contribution in [1.29, 1.82) is 0 Å². The Morgan fingerprint density at radius 1 is 0.808 bits per heavy atom. The Labute approximate surface area is 154 Å². The molecule has 2 nitrogen and oxygen atoms in total. The number of benzene rings is 1. The normalized spacial score (nSPS) is 29.7. The first-order chi connectivity index (χ1) is 12.6. The third-order valence-corrected chi connectivity index (χ3v) is 5.89. The lowest BCUT2D eigenvalue weighted by Crippen LogP contribution is -2.28. The van der Waals surface area contributed by atoms with E-state index in [9.17, 15) is 13.2 Å². The van der Waals surface area contributed by atoms with Crippen molar-refractivity contribution in [3.05, 3.63) is 35.1 Å². The fourth-order valence-electron chi connectivity index (χ4n) is 4.30. The molecule has 0 bridgehead atoms. The van der Waals surface area contributed by atoms with E-state index in [4.69, 9.17) is 9.47 Å². The summed E-state index contributed by atoms with van der Waals surface area (Å²) in [6.45, 7) is 3.28. The Morgan fingerprint density at radius 2 is 1.31 bits per heavy atom. The molecular formula is C21H29F3O2. The quantitative estimate of drug-likeness (QED) is 0.559. The molecule has 2 fully saturated rings. The molecule has 0 amide bonds. The second kappa shape index (κ2) is 9.23. The highest BCUT2D eigenvalue weighted by atomic mass is 19.2. The zero-order valence-corrected chi connectivity index (χ0v) is 15.5. The molecule has 1 aromatic rings. The van der Waals surface area contributed by atoms with Gasteiger partial charge in [0.05, 0.1) is 13.2 Å². The van der Waals surface area contributed by atoms with E-state index in [-0.39, 0.29) is 5.56 Å². The minimum Gasteiger partial charge on any atom is -0.348 e. The molecule has 3 rings (SSSR count). The topological polar surface area (TPSA) is 18.5 Å². The Balaban J connectivity index is 1.40. The van der Waals surface area contributed by atoms with Crippen LogP contribution in [0, 0.1) is 35.2 Å². The zero-order valence-electron chi connectivity index (χ0n) is 15.5. The van der Waals surface area contributed by atoms with Gasteiger partial charge < -0.3 is 9.47 Å². The minimum atomic E-state index is -1.46. The fourth-order valence-corrected chi connectivity index (χ4v) is 4.30. The van der Waals surface area contributed by atoms with E-state index >= 15 is 0 Å². The molecule has 0 atom stereocenters. The van der Waals surface area contributed by atoms with E-state index in [0.717, 1.165) is 30.4 Å². The van der Waals surface area contributed by atoms with Gasteiger partial charge in [-0.25, -0.2) is 13.2 Å². The van der Waals surface area contributed by atoms with E-state index in [1.54, 1.807) is 0 Å². The molecule has 1 aromatic carbocycles. The van der Waals surface area contributed by atoms with Crippen LogP contribution in [-0.4, -0.2) is 13.2 Å². The van der Waals surface area contributed by atoms with Gasteiger partial charge in [0.2, 0.25) is 0 Å². The largest absolute Gasteiger partial charge is 0.348 e. The first kappa shape index (κ1) is 19.7. The molecule has 0 N–H and O–H groups in total. The average molecular weight is 370 g/mol. The van der Waals surface area contributed by atoms with Gasteiger partial charge in [-0.1, -0.05) is 51.9 Å². The molecule has 2 aliphatic rings. The summed E-state index contributed by atoms with van der Waals surface area (Å²) in [6.07, 6.45) is 9.46. The summed E-state index contributed by atoms with van der Waals surface area (Å²) in [5.74, 6) is -1.84. The zero-order chi connectivity index (χ0) is 18.5. The molecular weight excluding hydrogens is 341 g/mol. The second-order valence-corrected chi connectivity index (χ2v) is 7.92. The first-order valence-corrected chi connectivity index (χ1v) is 9.94. The van der Waals surface area contributed by atoms with Crippen molar-refractivity contribution in [2.45, 2.75) is 64.6 Å². The van der Waals surface area contributed by atoms with Crippen molar-refractivity contribution in [3.63, 3.8) is 0 Å². The van der Waals surface area contributed by atoms with Crippen molar-refractivity contribution in [3.8, 4) is 0 Å². The highest BCUT2D eigenvalue weighted by Crippen LogP contribution is 2.35. The van der Waals surface area contributed by atoms with Crippen LogP contribution in [0.5, 0.6) is 0 Å². The van der Waals surface area contributed by atoms with Crippen LogP contribution < -0.4 is 0 Å². The van der Waals surface area contributed by atoms with E-state index in [1.807, 2.05) is 0 Å². The monoisotopic (exact) mass is 370 g/mol. The summed E-state index contributed by atoms with van der Waals surface area (Å²) >= 11 is 0. The minimum absolute atomic E-state index is 0.189. The summed E-state index contributed by atoms with van der Waals surface area (Å²) in [5.41, 5.74) is 0.189. The molecule has 0 spiro atoms. The Kier molecular flexibility index (Phi) is 6.98. The molecule has 1 saturated heterocycles. The van der Waals surface area contributed by atoms with Crippen LogP contribution in [0.15, 0.2) is 12.1 Å². The van der Waals surface area contributed by atoms with Gasteiger partial charge in [-0.05, 0) is 30.4 Å². The van der Waals surface area contributed by atoms with Crippen molar-refractivity contribution in [1.82, 2.24) is 0 Å². The van der Waals surface area contributed by atoms with E-state index in [2.05, 4.69) is 6.92 Å². The highest BCUT2D eigenvalue weighted by Gasteiger charge is 2.27. The molecule has 1 aliphatic heterocycles. The Bertz CT molecular complexity index is 554. The predicted octanol–water partition coefficient (Wildman–Crippen LogP) is 6.15. The molecule has 5 heteroatoms. The first-order valence-electron chi connectivity index (χ1n) is 9.94. The number of rotatable bonds is 6. The molecule has 26 heavy (non-hydrogen) atoms. The summed E-state index contributed by atoms with van der Waals surface area (Å²) in [5, 5.41) is 0. The number of halogens is 3. The average Bonchev–Trinajstić information content (AvgIpc) is 2.66. The number of hydrogen-bond donors (Lipinski definition) is 0. The van der Waals surface area contributed by atoms with Crippen LogP contribution in [0.3, 0.4) is 0 Å². The second-order valence-electron chi connectivity index (χ2n) is 7.92. The molecule has 0 aromatic heterocycles. The van der Waals surface area contributed by atoms with Gasteiger partial charge in [-0.2, -0.15) is 0 Å². The lowest BCUT2D eigenvalue weighted by molar-refractivity contribution is -0.206. The maximum atomic E-state index is 13.3. The third-order valence-electron chi connectivity index (χ3n) is 5.89. The van der Waals surface area contributed by atoms with Gasteiger partial charge in [0.15, 0.2) is 23.7 Å². The van der Waals surface area contributed by atoms with Crippen molar-refractivity contribution in [2.24, 2.45) is 17.8 Å². The number of hydrogen-bond acceptors (Lipinski definition) is 2. The molecule has 0 unspecified atom stereocenters. The molecule has 1 aliphatic carbocycles. The standard InChI is InChI=1S/C21H29F3O2/c1-2-3-14-4-6-15(7-5-14)8-9-16-12-25-21(26-13-16)17-10-18(22)20(24)19(23)11-17/h10-11,14-16,21H,2-9,12-13H2,1H3. The smallest absolute Gasteiger partial charge is 0.194 e. The van der Waals surface area contributed by atoms with Crippen LogP contribution >= 0.6 is 0 Å². The molecule has 1 saturated carbocycles. The summed E-state index contributed by atoms with van der Waals surface area (Å²) in [6, 6.07) is 1.89. The summed E-state index contributed by atoms with van der Waals surface area (Å²) in [7, 11) is 0. The lowest BCUT2D eigenvalue weighted by atomic mass is 9.77. The van der Waals surface area contributed by atoms with Crippen molar-refractivity contribution < 1.29 is 22.6 Å². The van der Waals surface area contributed by atoms with Gasteiger partial charge in [0.1, 0.15) is 0 Å². The van der Waals surface area contributed by atoms with Crippen LogP contribution in [0.4, 0.5) is 13.2 Å². The summed E-state index contributed by atoms with van der Waals surface area (Å²) in [4.78, 5) is 0. The molecule has 0 radical (unpaired) electrons. The van der Waals surface area contributed by atoms with Gasteiger partial charge in [-0.3, -0.25) is 0 Å². The summed E-state index contributed by atoms with van der Waals surface area (Å²) < 4.78 is 51.0. The van der Waals surface area contributed by atoms with Gasteiger partial charge in [0.25, 0.3) is 0 Å². The number of ether oxygens (including phenoxy) is 2. The third kappa shape index (κ3) is 5.01. The van der Waals surface area contributed by atoms with E-state index in [0.29, 0.717) is 19.1 Å². The van der Waals surface area contributed by atoms with E-state index < -0.39 is 23.7 Å². The Hall–Kier alpha value is -1.07. The van der Waals surface area contributed by atoms with Gasteiger partial charge in [0, 0.05) is 11.5 Å². The SMILES string of the molecule is CCCC1CCC(CCC2COC(c3cc(F)c(F)c(F)c3)OC2)CC1. The van der Waals surface area contributed by atoms with Crippen molar-refractivity contribution >= 4 is 0 Å². The Morgan fingerprint density at radius 3 is 1.85 bits per heavy atom. The maximum Gasteiger partial charge on any atom is 0.194 e. The fraction of sp³-hybridized carbons (Fsp3) is 0.714. The van der Waals surface area contributed by atoms with Crippen molar-refractivity contribution in [2.75, 3.05) is 13.2 Å². The van der Waals surface area contributed by atoms with Gasteiger partial charge >= 0.3 is 0 Å². The van der Waals surface area contributed by atoms with Crippen LogP contribution in [0.2, 0.25) is 0 Å². The molecule has 146 valence electrons. The lowest BCUT2D eigenvalue weighted by Gasteiger charge is -2.32. The molecule has 1 heterocycles. The predicted molar refractivity (Wildman–Crippen MR) is 94.0 cm³/mol. The van der Waals surface area contributed by atoms with Crippen LogP contribution in [0.1, 0.15) is 70.1 Å². The maximum absolute atomic E-state index is 13.3.